The first-order valence-corrected chi connectivity index (χ1v) is 8.15. The van der Waals surface area contributed by atoms with Gasteiger partial charge in [0, 0.05) is 28.3 Å². The number of aryl methyl sites for hydroxylation is 1. The quantitative estimate of drug-likeness (QED) is 0.730. The number of hydrogen-bond donors (Lipinski definition) is 2. The molecule has 2 N–H and O–H groups in total. The molecule has 124 valence electrons. The molecule has 0 aliphatic rings. The maximum absolute atomic E-state index is 6.02. The smallest absolute Gasteiger partial charge is 0.136 e. The molecule has 7 heteroatoms. The Bertz CT molecular complexity index is 641. The summed E-state index contributed by atoms with van der Waals surface area (Å²) in [5, 5.41) is 7.68. The largest absolute Gasteiger partial charge is 0.370 e. The number of aromatic nitrogens is 2. The van der Waals surface area contributed by atoms with Crippen LogP contribution >= 0.6 is 23.2 Å². The molecule has 23 heavy (non-hydrogen) atoms. The molecule has 1 aromatic carbocycles. The zero-order valence-electron chi connectivity index (χ0n) is 13.5. The Morgan fingerprint density at radius 3 is 2.30 bits per heavy atom. The van der Waals surface area contributed by atoms with Crippen LogP contribution in [0.15, 0.2) is 24.3 Å². The molecular weight excluding hydrogens is 333 g/mol. The SMILES string of the molecule is Cc1nc(NCCCN(C)C)cc(Nc2cc(Cl)cc(Cl)c2)n1. The van der Waals surface area contributed by atoms with Crippen LogP contribution in [0, 0.1) is 6.92 Å². The Hall–Kier alpha value is -1.56. The van der Waals surface area contributed by atoms with Crippen molar-refractivity contribution in [2.75, 3.05) is 37.8 Å². The zero-order chi connectivity index (χ0) is 16.8. The molecule has 1 aromatic heterocycles. The van der Waals surface area contributed by atoms with E-state index in [1.807, 2.05) is 13.0 Å². The summed E-state index contributed by atoms with van der Waals surface area (Å²) in [6.07, 6.45) is 1.04. The van der Waals surface area contributed by atoms with Crippen LogP contribution in [0.2, 0.25) is 10.0 Å². The predicted octanol–water partition coefficient (Wildman–Crippen LogP) is 4.20. The number of benzene rings is 1. The maximum atomic E-state index is 6.02. The van der Waals surface area contributed by atoms with Crippen LogP contribution in [-0.4, -0.2) is 42.1 Å². The summed E-state index contributed by atoms with van der Waals surface area (Å²) in [7, 11) is 4.12. The lowest BCUT2D eigenvalue weighted by Gasteiger charge is -2.12. The summed E-state index contributed by atoms with van der Waals surface area (Å²) >= 11 is 12.0. The normalized spacial score (nSPS) is 10.9. The van der Waals surface area contributed by atoms with Gasteiger partial charge < -0.3 is 15.5 Å². The Kier molecular flexibility index (Phi) is 6.45. The van der Waals surface area contributed by atoms with Crippen molar-refractivity contribution < 1.29 is 0 Å². The highest BCUT2D eigenvalue weighted by Crippen LogP contribution is 2.25. The summed E-state index contributed by atoms with van der Waals surface area (Å²) in [6, 6.07) is 7.17. The topological polar surface area (TPSA) is 53.1 Å². The highest BCUT2D eigenvalue weighted by atomic mass is 35.5. The molecular formula is C16H21Cl2N5. The van der Waals surface area contributed by atoms with Gasteiger partial charge >= 0.3 is 0 Å². The average molecular weight is 354 g/mol. The third kappa shape index (κ3) is 6.22. The maximum Gasteiger partial charge on any atom is 0.136 e. The summed E-state index contributed by atoms with van der Waals surface area (Å²) in [5.41, 5.74) is 0.791. The minimum absolute atomic E-state index is 0.577. The van der Waals surface area contributed by atoms with Gasteiger partial charge in [-0.05, 0) is 52.2 Å². The number of rotatable bonds is 7. The summed E-state index contributed by atoms with van der Waals surface area (Å²) in [4.78, 5) is 10.9. The molecule has 0 aliphatic heterocycles. The highest BCUT2D eigenvalue weighted by molar-refractivity contribution is 6.35. The van der Waals surface area contributed by atoms with Gasteiger partial charge in [-0.3, -0.25) is 0 Å². The third-order valence-corrected chi connectivity index (χ3v) is 3.50. The molecule has 0 bridgehead atoms. The molecule has 1 heterocycles. The molecule has 0 saturated carbocycles. The Morgan fingerprint density at radius 1 is 1.00 bits per heavy atom. The minimum Gasteiger partial charge on any atom is -0.370 e. The molecule has 2 aromatic rings. The predicted molar refractivity (Wildman–Crippen MR) is 98.2 cm³/mol. The summed E-state index contributed by atoms with van der Waals surface area (Å²) < 4.78 is 0. The Labute approximate surface area is 147 Å². The highest BCUT2D eigenvalue weighted by Gasteiger charge is 2.04. The first kappa shape index (κ1) is 17.8. The second-order valence-electron chi connectivity index (χ2n) is 5.55. The van der Waals surface area contributed by atoms with Gasteiger partial charge in [0.2, 0.25) is 0 Å². The second kappa shape index (κ2) is 8.34. The number of nitrogens with one attached hydrogen (secondary N) is 2. The molecule has 0 fully saturated rings. The molecule has 0 spiro atoms. The Balaban J connectivity index is 2.04. The van der Waals surface area contributed by atoms with E-state index in [1.54, 1.807) is 18.2 Å². The first-order chi connectivity index (χ1) is 10.9. The van der Waals surface area contributed by atoms with Crippen molar-refractivity contribution in [3.63, 3.8) is 0 Å². The zero-order valence-corrected chi connectivity index (χ0v) is 15.0. The van der Waals surface area contributed by atoms with Gasteiger partial charge in [-0.2, -0.15) is 0 Å². The van der Waals surface area contributed by atoms with Crippen molar-refractivity contribution in [3.8, 4) is 0 Å². The number of nitrogens with zero attached hydrogens (tertiary/aromatic N) is 3. The van der Waals surface area contributed by atoms with Gasteiger partial charge in [-0.1, -0.05) is 23.2 Å². The fourth-order valence-electron chi connectivity index (χ4n) is 2.11. The van der Waals surface area contributed by atoms with E-state index >= 15 is 0 Å². The van der Waals surface area contributed by atoms with E-state index in [-0.39, 0.29) is 0 Å². The lowest BCUT2D eigenvalue weighted by molar-refractivity contribution is 0.405. The van der Waals surface area contributed by atoms with Crippen LogP contribution in [-0.2, 0) is 0 Å². The molecule has 0 radical (unpaired) electrons. The summed E-state index contributed by atoms with van der Waals surface area (Å²) in [5.74, 6) is 2.19. The van der Waals surface area contributed by atoms with Gasteiger partial charge in [-0.25, -0.2) is 9.97 Å². The van der Waals surface area contributed by atoms with E-state index in [9.17, 15) is 0 Å². The van der Waals surface area contributed by atoms with E-state index in [0.717, 1.165) is 31.0 Å². The van der Waals surface area contributed by atoms with E-state index in [0.29, 0.717) is 21.7 Å². The van der Waals surface area contributed by atoms with E-state index in [1.165, 1.54) is 0 Å². The van der Waals surface area contributed by atoms with Crippen molar-refractivity contribution in [1.82, 2.24) is 14.9 Å². The number of halogens is 2. The lowest BCUT2D eigenvalue weighted by atomic mass is 10.3. The lowest BCUT2D eigenvalue weighted by Crippen LogP contribution is -2.16. The van der Waals surface area contributed by atoms with E-state index in [2.05, 4.69) is 39.6 Å². The van der Waals surface area contributed by atoms with Gasteiger partial charge in [0.05, 0.1) is 0 Å². The van der Waals surface area contributed by atoms with Crippen molar-refractivity contribution in [2.24, 2.45) is 0 Å². The van der Waals surface area contributed by atoms with Crippen molar-refractivity contribution in [2.45, 2.75) is 13.3 Å². The molecule has 0 amide bonds. The number of hydrogen-bond acceptors (Lipinski definition) is 5. The van der Waals surface area contributed by atoms with Crippen LogP contribution in [0.4, 0.5) is 17.3 Å². The van der Waals surface area contributed by atoms with Crippen LogP contribution in [0.1, 0.15) is 12.2 Å². The van der Waals surface area contributed by atoms with Crippen LogP contribution in [0.5, 0.6) is 0 Å². The molecule has 0 aliphatic carbocycles. The molecule has 5 nitrogen and oxygen atoms in total. The van der Waals surface area contributed by atoms with Gasteiger partial charge in [-0.15, -0.1) is 0 Å². The fraction of sp³-hybridized carbons (Fsp3) is 0.375. The third-order valence-electron chi connectivity index (χ3n) is 3.06. The van der Waals surface area contributed by atoms with E-state index < -0.39 is 0 Å². The molecule has 0 atom stereocenters. The van der Waals surface area contributed by atoms with E-state index in [4.69, 9.17) is 23.2 Å². The van der Waals surface area contributed by atoms with Crippen molar-refractivity contribution in [3.05, 3.63) is 40.1 Å². The van der Waals surface area contributed by atoms with Crippen molar-refractivity contribution in [1.29, 1.82) is 0 Å². The molecule has 2 rings (SSSR count). The van der Waals surface area contributed by atoms with Crippen molar-refractivity contribution >= 4 is 40.5 Å². The fourth-order valence-corrected chi connectivity index (χ4v) is 2.63. The summed E-state index contributed by atoms with van der Waals surface area (Å²) in [6.45, 7) is 3.75. The minimum atomic E-state index is 0.577. The van der Waals surface area contributed by atoms with Gasteiger partial charge in [0.25, 0.3) is 0 Å². The molecule has 0 unspecified atom stereocenters. The number of anilines is 3. The van der Waals surface area contributed by atoms with Crippen LogP contribution in [0.3, 0.4) is 0 Å². The van der Waals surface area contributed by atoms with Crippen LogP contribution < -0.4 is 10.6 Å². The van der Waals surface area contributed by atoms with Gasteiger partial charge in [0.15, 0.2) is 0 Å². The molecule has 0 saturated heterocycles. The second-order valence-corrected chi connectivity index (χ2v) is 6.43. The van der Waals surface area contributed by atoms with Crippen LogP contribution in [0.25, 0.3) is 0 Å². The van der Waals surface area contributed by atoms with Gasteiger partial charge in [0.1, 0.15) is 17.5 Å². The first-order valence-electron chi connectivity index (χ1n) is 7.40. The average Bonchev–Trinajstić information content (AvgIpc) is 2.41. The Morgan fingerprint density at radius 2 is 1.65 bits per heavy atom. The standard InChI is InChI=1S/C16H21Cl2N5/c1-11-20-15(19-5-4-6-23(2)3)10-16(21-11)22-14-8-12(17)7-13(18)9-14/h7-10H,4-6H2,1-3H3,(H2,19,20,21,22). The monoisotopic (exact) mass is 353 g/mol.